The van der Waals surface area contributed by atoms with Crippen LogP contribution in [0.15, 0.2) is 48.5 Å². The highest BCUT2D eigenvalue weighted by molar-refractivity contribution is 5.27. The molecule has 1 N–H and O–H groups in total. The maximum atomic E-state index is 12.9. The van der Waals surface area contributed by atoms with E-state index >= 15 is 0 Å². The average molecular weight is 486 g/mol. The van der Waals surface area contributed by atoms with Crippen molar-refractivity contribution in [3.63, 3.8) is 0 Å². The second-order valence-electron chi connectivity index (χ2n) is 9.38. The van der Waals surface area contributed by atoms with E-state index in [1.54, 1.807) is 12.1 Å². The quantitative estimate of drug-likeness (QED) is 0.645. The van der Waals surface area contributed by atoms with E-state index in [0.717, 1.165) is 43.6 Å². The Bertz CT molecular complexity index is 751. The third-order valence-electron chi connectivity index (χ3n) is 6.22. The van der Waals surface area contributed by atoms with Crippen molar-refractivity contribution in [3.8, 4) is 0 Å². The highest BCUT2D eigenvalue weighted by Crippen LogP contribution is 2.34. The largest absolute Gasteiger partial charge is 1.00 e. The summed E-state index contributed by atoms with van der Waals surface area (Å²) in [5.41, 5.74) is 2.82. The van der Waals surface area contributed by atoms with Crippen LogP contribution in [0, 0.1) is 0 Å². The first-order chi connectivity index (χ1) is 13.5. The van der Waals surface area contributed by atoms with Gasteiger partial charge in [-0.05, 0) is 23.1 Å². The van der Waals surface area contributed by atoms with Crippen molar-refractivity contribution < 1.29 is 39.7 Å². The number of hydrogen-bond donors (Lipinski definition) is 1. The van der Waals surface area contributed by atoms with E-state index in [2.05, 4.69) is 45.0 Å². The molecule has 0 aromatic heterocycles. The van der Waals surface area contributed by atoms with Crippen molar-refractivity contribution in [2.75, 3.05) is 13.2 Å². The van der Waals surface area contributed by atoms with Gasteiger partial charge in [-0.25, -0.2) is 0 Å². The lowest BCUT2D eigenvalue weighted by Gasteiger charge is -2.40. The fourth-order valence-electron chi connectivity index (χ4n) is 4.47. The molecule has 1 heterocycles. The van der Waals surface area contributed by atoms with Crippen LogP contribution in [0.3, 0.4) is 0 Å². The minimum Gasteiger partial charge on any atom is -1.00 e. The van der Waals surface area contributed by atoms with Gasteiger partial charge in [-0.3, -0.25) is 0 Å². The molecule has 0 radical (unpaired) electrons. The molecular formula is C24H31BrF3NO. The SMILES string of the molecule is CC(C)(C)c1ccc(C[N+]2(Cc3ccc(C(F)(F)F)cc3)CCC[C@H]2CO)cc1.[Br-]. The summed E-state index contributed by atoms with van der Waals surface area (Å²) in [5, 5.41) is 9.99. The van der Waals surface area contributed by atoms with Crippen LogP contribution >= 0.6 is 0 Å². The molecule has 0 saturated carbocycles. The Kier molecular flexibility index (Phi) is 7.81. The Labute approximate surface area is 188 Å². The van der Waals surface area contributed by atoms with Gasteiger partial charge in [0.15, 0.2) is 0 Å². The van der Waals surface area contributed by atoms with E-state index in [0.29, 0.717) is 11.0 Å². The fourth-order valence-corrected chi connectivity index (χ4v) is 4.47. The van der Waals surface area contributed by atoms with Crippen LogP contribution in [0.1, 0.15) is 55.9 Å². The smallest absolute Gasteiger partial charge is 0.416 e. The third-order valence-corrected chi connectivity index (χ3v) is 6.22. The van der Waals surface area contributed by atoms with Crippen molar-refractivity contribution in [3.05, 3.63) is 70.8 Å². The first-order valence-corrected chi connectivity index (χ1v) is 10.3. The summed E-state index contributed by atoms with van der Waals surface area (Å²) < 4.78 is 39.3. The number of nitrogens with zero attached hydrogens (tertiary/aromatic N) is 1. The average Bonchev–Trinajstić information content (AvgIpc) is 3.03. The van der Waals surface area contributed by atoms with Crippen molar-refractivity contribution >= 4 is 0 Å². The number of likely N-dealkylation sites (tertiary alicyclic amines) is 1. The Morgan fingerprint density at radius 1 is 0.867 bits per heavy atom. The molecule has 0 spiro atoms. The molecule has 2 nitrogen and oxygen atoms in total. The highest BCUT2D eigenvalue weighted by atomic mass is 79.9. The molecule has 0 bridgehead atoms. The van der Waals surface area contributed by atoms with Crippen LogP contribution in [0.25, 0.3) is 0 Å². The molecule has 6 heteroatoms. The first-order valence-electron chi connectivity index (χ1n) is 10.3. The van der Waals surface area contributed by atoms with Gasteiger partial charge in [0.05, 0.1) is 18.7 Å². The van der Waals surface area contributed by atoms with E-state index in [4.69, 9.17) is 0 Å². The predicted octanol–water partition coefficient (Wildman–Crippen LogP) is 2.68. The van der Waals surface area contributed by atoms with Crippen molar-refractivity contribution in [2.45, 2.75) is 64.3 Å². The molecule has 1 unspecified atom stereocenters. The molecule has 1 saturated heterocycles. The molecule has 1 fully saturated rings. The van der Waals surface area contributed by atoms with Crippen molar-refractivity contribution in [1.82, 2.24) is 0 Å². The second kappa shape index (κ2) is 9.41. The first kappa shape index (κ1) is 24.9. The van der Waals surface area contributed by atoms with E-state index in [1.807, 2.05) is 0 Å². The standard InChI is InChI=1S/C24H31F3NO.BrH/c1-23(2,3)20-10-6-18(7-11-20)15-28(14-4-5-22(28)17-29)16-19-8-12-21(13-9-19)24(25,26)27;/h6-13,22,29H,4-5,14-17H2,1-3H3;1H/q+1;/p-1/t22-,28?;/m0./s1. The fraction of sp³-hybridized carbons (Fsp3) is 0.500. The minimum atomic E-state index is -4.32. The summed E-state index contributed by atoms with van der Waals surface area (Å²) in [6.07, 6.45) is -2.36. The van der Waals surface area contributed by atoms with Gasteiger partial charge in [0, 0.05) is 24.0 Å². The number of aliphatic hydroxyl groups is 1. The zero-order chi connectivity index (χ0) is 21.3. The summed E-state index contributed by atoms with van der Waals surface area (Å²) in [5.74, 6) is 0. The van der Waals surface area contributed by atoms with Gasteiger partial charge in [0.25, 0.3) is 0 Å². The molecule has 166 valence electrons. The molecule has 0 aliphatic carbocycles. The number of hydrogen-bond acceptors (Lipinski definition) is 1. The van der Waals surface area contributed by atoms with Gasteiger partial charge in [0.1, 0.15) is 19.1 Å². The number of quaternary nitrogens is 1. The van der Waals surface area contributed by atoms with Gasteiger partial charge in [0.2, 0.25) is 0 Å². The maximum Gasteiger partial charge on any atom is 0.416 e. The van der Waals surface area contributed by atoms with Gasteiger partial charge in [-0.1, -0.05) is 57.2 Å². The number of aliphatic hydroxyl groups excluding tert-OH is 1. The van der Waals surface area contributed by atoms with Crippen molar-refractivity contribution in [2.24, 2.45) is 0 Å². The second-order valence-corrected chi connectivity index (χ2v) is 9.38. The molecule has 30 heavy (non-hydrogen) atoms. The number of alkyl halides is 3. The van der Waals surface area contributed by atoms with Gasteiger partial charge >= 0.3 is 6.18 Å². The summed E-state index contributed by atoms with van der Waals surface area (Å²) in [4.78, 5) is 0. The third kappa shape index (κ3) is 5.65. The Morgan fingerprint density at radius 3 is 1.73 bits per heavy atom. The normalized spacial score (nSPS) is 22.0. The maximum absolute atomic E-state index is 12.9. The lowest BCUT2D eigenvalue weighted by atomic mass is 9.86. The van der Waals surface area contributed by atoms with Crippen LogP contribution in [-0.2, 0) is 24.7 Å². The van der Waals surface area contributed by atoms with Crippen LogP contribution in [0.2, 0.25) is 0 Å². The Morgan fingerprint density at radius 2 is 1.33 bits per heavy atom. The monoisotopic (exact) mass is 485 g/mol. The van der Waals surface area contributed by atoms with Crippen LogP contribution < -0.4 is 17.0 Å². The molecular weight excluding hydrogens is 455 g/mol. The molecule has 1 aliphatic heterocycles. The Hall–Kier alpha value is -1.37. The molecule has 3 rings (SSSR count). The van der Waals surface area contributed by atoms with Crippen LogP contribution in [0.4, 0.5) is 13.2 Å². The topological polar surface area (TPSA) is 20.2 Å². The van der Waals surface area contributed by atoms with E-state index in [-0.39, 0.29) is 35.0 Å². The summed E-state index contributed by atoms with van der Waals surface area (Å²) in [7, 11) is 0. The number of halogens is 4. The molecule has 2 aromatic carbocycles. The number of benzene rings is 2. The predicted molar refractivity (Wildman–Crippen MR) is 109 cm³/mol. The number of rotatable bonds is 5. The summed E-state index contributed by atoms with van der Waals surface area (Å²) in [6, 6.07) is 14.2. The van der Waals surface area contributed by atoms with Crippen LogP contribution in [-0.4, -0.2) is 28.8 Å². The molecule has 2 atom stereocenters. The highest BCUT2D eigenvalue weighted by Gasteiger charge is 2.41. The molecule has 1 aliphatic rings. The summed E-state index contributed by atoms with van der Waals surface area (Å²) >= 11 is 0. The van der Waals surface area contributed by atoms with Crippen LogP contribution in [0.5, 0.6) is 0 Å². The van der Waals surface area contributed by atoms with E-state index in [9.17, 15) is 18.3 Å². The van der Waals surface area contributed by atoms with Crippen molar-refractivity contribution in [1.29, 1.82) is 0 Å². The zero-order valence-electron chi connectivity index (χ0n) is 17.8. The lowest BCUT2D eigenvalue weighted by Crippen LogP contribution is -3.00. The van der Waals surface area contributed by atoms with E-state index < -0.39 is 11.7 Å². The van der Waals surface area contributed by atoms with E-state index in [1.165, 1.54) is 11.1 Å². The van der Waals surface area contributed by atoms with Gasteiger partial charge < -0.3 is 26.6 Å². The Balaban J connectivity index is 0.00000320. The zero-order valence-corrected chi connectivity index (χ0v) is 19.4. The summed E-state index contributed by atoms with van der Waals surface area (Å²) in [6.45, 7) is 8.98. The molecule has 0 amide bonds. The van der Waals surface area contributed by atoms with Gasteiger partial charge in [-0.15, -0.1) is 0 Å². The molecule has 2 aromatic rings. The lowest BCUT2D eigenvalue weighted by molar-refractivity contribution is -0.964. The minimum absolute atomic E-state index is 0. The van der Waals surface area contributed by atoms with Gasteiger partial charge in [-0.2, -0.15) is 13.2 Å².